The summed E-state index contributed by atoms with van der Waals surface area (Å²) in [4.78, 5) is 26.4. The number of nitrogens with one attached hydrogen (secondary N) is 1. The van der Waals surface area contributed by atoms with Crippen LogP contribution in [-0.2, 0) is 9.59 Å². The summed E-state index contributed by atoms with van der Waals surface area (Å²) in [6.07, 6.45) is 3.61. The van der Waals surface area contributed by atoms with Gasteiger partial charge in [-0.15, -0.1) is 0 Å². The van der Waals surface area contributed by atoms with Gasteiger partial charge >= 0.3 is 5.97 Å². The van der Waals surface area contributed by atoms with Crippen LogP contribution in [0.4, 0.5) is 5.69 Å². The van der Waals surface area contributed by atoms with Gasteiger partial charge in [0.1, 0.15) is 0 Å². The highest BCUT2D eigenvalue weighted by Crippen LogP contribution is 2.50. The third-order valence-electron chi connectivity index (χ3n) is 3.16. The van der Waals surface area contributed by atoms with E-state index < -0.39 is 5.97 Å². The average molecular weight is 315 g/mol. The number of aliphatic carboxylic acids is 1. The molecule has 2 N–H and O–H groups in total. The molecule has 1 amide bonds. The molecule has 20 heavy (non-hydrogen) atoms. The molecule has 0 atom stereocenters. The molecule has 0 aromatic carbocycles. The molecule has 0 radical (unpaired) electrons. The standard InChI is InChI=1S/C13H15ClN2O3S/c14-12-9(2-1-5-15-12)16-10(17)7-20-8-13(3-4-13)6-11(18)19/h1-2,5H,3-4,6-8H2,(H,16,17)(H,18,19). The minimum atomic E-state index is -0.769. The van der Waals surface area contributed by atoms with Crippen LogP contribution in [0.3, 0.4) is 0 Å². The predicted molar refractivity (Wildman–Crippen MR) is 79.1 cm³/mol. The number of carbonyl (C=O) groups excluding carboxylic acids is 1. The summed E-state index contributed by atoms with van der Waals surface area (Å²) >= 11 is 7.30. The molecular weight excluding hydrogens is 300 g/mol. The molecule has 1 saturated carbocycles. The fraction of sp³-hybridized carbons (Fsp3) is 0.462. The first-order valence-corrected chi connectivity index (χ1v) is 7.74. The van der Waals surface area contributed by atoms with E-state index >= 15 is 0 Å². The molecule has 0 saturated heterocycles. The number of hydrogen-bond acceptors (Lipinski definition) is 4. The second-order valence-corrected chi connectivity index (χ2v) is 6.30. The van der Waals surface area contributed by atoms with Gasteiger partial charge in [-0.2, -0.15) is 11.8 Å². The van der Waals surface area contributed by atoms with Gasteiger partial charge in [0, 0.05) is 6.20 Å². The van der Waals surface area contributed by atoms with Gasteiger partial charge in [-0.1, -0.05) is 11.6 Å². The molecule has 1 aromatic heterocycles. The van der Waals surface area contributed by atoms with Gasteiger partial charge in [-0.25, -0.2) is 4.98 Å². The zero-order valence-corrected chi connectivity index (χ0v) is 12.3. The Bertz CT molecular complexity index is 520. The first-order chi connectivity index (χ1) is 9.51. The highest BCUT2D eigenvalue weighted by atomic mass is 35.5. The number of amides is 1. The first kappa shape index (κ1) is 15.1. The lowest BCUT2D eigenvalue weighted by molar-refractivity contribution is -0.138. The molecule has 0 spiro atoms. The lowest BCUT2D eigenvalue weighted by Gasteiger charge is -2.11. The number of carbonyl (C=O) groups is 2. The van der Waals surface area contributed by atoms with E-state index in [4.69, 9.17) is 16.7 Å². The Kier molecular flexibility index (Phi) is 4.88. The molecule has 0 unspecified atom stereocenters. The number of carboxylic acid groups (broad SMARTS) is 1. The van der Waals surface area contributed by atoms with Crippen molar-refractivity contribution in [2.45, 2.75) is 19.3 Å². The first-order valence-electron chi connectivity index (χ1n) is 6.21. The largest absolute Gasteiger partial charge is 0.481 e. The predicted octanol–water partition coefficient (Wildman–Crippen LogP) is 2.66. The molecule has 0 aliphatic heterocycles. The molecule has 1 heterocycles. The number of thioether (sulfide) groups is 1. The van der Waals surface area contributed by atoms with E-state index in [0.29, 0.717) is 11.4 Å². The van der Waals surface area contributed by atoms with Gasteiger partial charge in [0.15, 0.2) is 5.15 Å². The van der Waals surface area contributed by atoms with Crippen LogP contribution in [0.15, 0.2) is 18.3 Å². The maximum Gasteiger partial charge on any atom is 0.303 e. The van der Waals surface area contributed by atoms with E-state index in [0.717, 1.165) is 12.8 Å². The van der Waals surface area contributed by atoms with Crippen molar-refractivity contribution in [3.63, 3.8) is 0 Å². The average Bonchev–Trinajstić information content (AvgIpc) is 3.11. The van der Waals surface area contributed by atoms with Crippen molar-refractivity contribution >= 4 is 40.9 Å². The zero-order valence-electron chi connectivity index (χ0n) is 10.8. The maximum absolute atomic E-state index is 11.8. The number of carboxylic acids is 1. The second-order valence-electron chi connectivity index (χ2n) is 4.95. The van der Waals surface area contributed by atoms with Crippen molar-refractivity contribution in [1.82, 2.24) is 4.98 Å². The van der Waals surface area contributed by atoms with Crippen LogP contribution in [0.2, 0.25) is 5.15 Å². The molecule has 1 aliphatic carbocycles. The number of aromatic nitrogens is 1. The van der Waals surface area contributed by atoms with Crippen molar-refractivity contribution < 1.29 is 14.7 Å². The summed E-state index contributed by atoms with van der Waals surface area (Å²) in [5.74, 6) is 0.0609. The van der Waals surface area contributed by atoms with Crippen LogP contribution in [0.5, 0.6) is 0 Å². The van der Waals surface area contributed by atoms with E-state index in [1.165, 1.54) is 11.8 Å². The summed E-state index contributed by atoms with van der Waals surface area (Å²) in [6, 6.07) is 3.38. The Morgan fingerprint density at radius 2 is 2.25 bits per heavy atom. The van der Waals surface area contributed by atoms with E-state index in [2.05, 4.69) is 10.3 Å². The molecule has 0 bridgehead atoms. The highest BCUT2D eigenvalue weighted by Gasteiger charge is 2.44. The number of hydrogen-bond donors (Lipinski definition) is 2. The van der Waals surface area contributed by atoms with E-state index in [9.17, 15) is 9.59 Å². The number of pyridine rings is 1. The number of anilines is 1. The van der Waals surface area contributed by atoms with Crippen LogP contribution in [-0.4, -0.2) is 33.5 Å². The summed E-state index contributed by atoms with van der Waals surface area (Å²) < 4.78 is 0. The van der Waals surface area contributed by atoms with Gasteiger partial charge in [0.25, 0.3) is 0 Å². The molecule has 7 heteroatoms. The van der Waals surface area contributed by atoms with Crippen molar-refractivity contribution in [3.8, 4) is 0 Å². The second kappa shape index (κ2) is 6.45. The lowest BCUT2D eigenvalue weighted by Crippen LogP contribution is -2.17. The van der Waals surface area contributed by atoms with E-state index in [1.807, 2.05) is 0 Å². The Hall–Kier alpha value is -1.27. The topological polar surface area (TPSA) is 79.3 Å². The number of rotatable bonds is 7. The van der Waals surface area contributed by atoms with Crippen molar-refractivity contribution in [2.75, 3.05) is 16.8 Å². The molecule has 108 valence electrons. The molecule has 1 fully saturated rings. The monoisotopic (exact) mass is 314 g/mol. The SMILES string of the molecule is O=C(O)CC1(CSCC(=O)Nc2cccnc2Cl)CC1. The summed E-state index contributed by atoms with van der Waals surface area (Å²) in [7, 11) is 0. The van der Waals surface area contributed by atoms with Gasteiger partial charge in [0.2, 0.25) is 5.91 Å². The Balaban J connectivity index is 1.74. The fourth-order valence-corrected chi connectivity index (χ4v) is 3.25. The van der Waals surface area contributed by atoms with Crippen LogP contribution < -0.4 is 5.32 Å². The number of halogens is 1. The van der Waals surface area contributed by atoms with Crippen LogP contribution in [0.25, 0.3) is 0 Å². The highest BCUT2D eigenvalue weighted by molar-refractivity contribution is 8.00. The van der Waals surface area contributed by atoms with Gasteiger partial charge in [-0.05, 0) is 36.1 Å². The lowest BCUT2D eigenvalue weighted by atomic mass is 10.1. The third kappa shape index (κ3) is 4.38. The quantitative estimate of drug-likeness (QED) is 0.756. The minimum absolute atomic E-state index is 0.0945. The van der Waals surface area contributed by atoms with Crippen molar-refractivity contribution in [3.05, 3.63) is 23.5 Å². The number of nitrogens with zero attached hydrogens (tertiary/aromatic N) is 1. The Labute approximate surface area is 126 Å². The fourth-order valence-electron chi connectivity index (χ4n) is 1.90. The Morgan fingerprint density at radius 1 is 1.50 bits per heavy atom. The smallest absolute Gasteiger partial charge is 0.303 e. The van der Waals surface area contributed by atoms with Crippen molar-refractivity contribution in [2.24, 2.45) is 5.41 Å². The molecule has 1 aliphatic rings. The zero-order chi connectivity index (χ0) is 14.6. The van der Waals surface area contributed by atoms with Gasteiger partial charge in [-0.3, -0.25) is 9.59 Å². The molecule has 5 nitrogen and oxygen atoms in total. The Morgan fingerprint density at radius 3 is 2.85 bits per heavy atom. The molecule has 2 rings (SSSR count). The maximum atomic E-state index is 11.8. The molecule has 1 aromatic rings. The normalized spacial score (nSPS) is 15.7. The molecular formula is C13H15ClN2O3S. The van der Waals surface area contributed by atoms with Gasteiger partial charge in [0.05, 0.1) is 17.9 Å². The van der Waals surface area contributed by atoms with Crippen LogP contribution in [0.1, 0.15) is 19.3 Å². The van der Waals surface area contributed by atoms with Gasteiger partial charge < -0.3 is 10.4 Å². The van der Waals surface area contributed by atoms with E-state index in [-0.39, 0.29) is 28.6 Å². The van der Waals surface area contributed by atoms with Crippen LogP contribution in [0, 0.1) is 5.41 Å². The summed E-state index contributed by atoms with van der Waals surface area (Å²) in [5, 5.41) is 11.8. The summed E-state index contributed by atoms with van der Waals surface area (Å²) in [5.41, 5.74) is 0.398. The van der Waals surface area contributed by atoms with Crippen molar-refractivity contribution in [1.29, 1.82) is 0 Å². The summed E-state index contributed by atoms with van der Waals surface area (Å²) in [6.45, 7) is 0. The van der Waals surface area contributed by atoms with Crippen LogP contribution >= 0.6 is 23.4 Å². The van der Waals surface area contributed by atoms with E-state index in [1.54, 1.807) is 18.3 Å². The minimum Gasteiger partial charge on any atom is -0.481 e. The third-order valence-corrected chi connectivity index (χ3v) is 4.74.